The van der Waals surface area contributed by atoms with Crippen LogP contribution in [0, 0.1) is 0 Å². The van der Waals surface area contributed by atoms with Crippen molar-refractivity contribution in [2.75, 3.05) is 20.3 Å². The van der Waals surface area contributed by atoms with Crippen LogP contribution >= 0.6 is 11.3 Å². The highest BCUT2D eigenvalue weighted by atomic mass is 32.1. The van der Waals surface area contributed by atoms with Crippen LogP contribution in [0.5, 0.6) is 17.2 Å². The molecule has 1 aromatic heterocycles. The van der Waals surface area contributed by atoms with E-state index in [0.717, 1.165) is 11.3 Å². The van der Waals surface area contributed by atoms with Gasteiger partial charge in [-0.25, -0.2) is 4.68 Å². The number of rotatable bonds is 7. The molecule has 0 bridgehead atoms. The van der Waals surface area contributed by atoms with Crippen molar-refractivity contribution in [3.05, 3.63) is 57.7 Å². The fourth-order valence-corrected chi connectivity index (χ4v) is 4.98. The van der Waals surface area contributed by atoms with Crippen LogP contribution in [0.1, 0.15) is 49.1 Å². The molecule has 33 heavy (non-hydrogen) atoms. The lowest BCUT2D eigenvalue weighted by molar-refractivity contribution is 0.207. The average Bonchev–Trinajstić information content (AvgIpc) is 3.25. The van der Waals surface area contributed by atoms with E-state index in [4.69, 9.17) is 4.74 Å². The number of ether oxygens (including phenoxy) is 1. The topological polar surface area (TPSA) is 99.6 Å². The number of nitrogens with zero attached hydrogens (tertiary/aromatic N) is 3. The van der Waals surface area contributed by atoms with Gasteiger partial charge in [-0.15, -0.1) is 11.3 Å². The summed E-state index contributed by atoms with van der Waals surface area (Å²) in [5.74, 6) is -0.740. The minimum atomic E-state index is -0.571. The van der Waals surface area contributed by atoms with E-state index in [1.165, 1.54) is 67.4 Å². The second-order valence-electron chi connectivity index (χ2n) is 8.16. The van der Waals surface area contributed by atoms with E-state index in [-0.39, 0.29) is 11.3 Å². The van der Waals surface area contributed by atoms with E-state index in [9.17, 15) is 15.3 Å². The van der Waals surface area contributed by atoms with Gasteiger partial charge in [0.2, 0.25) is 10.6 Å². The fraction of sp³-hybridized carbons (Fsp3) is 0.360. The molecule has 3 N–H and O–H groups in total. The molecular formula is C25H29N3O4S. The molecule has 1 aliphatic carbocycles. The quantitative estimate of drug-likeness (QED) is 0.264. The molecule has 1 saturated carbocycles. The number of aromatic hydroxyl groups is 3. The number of hydrogen-bond donors (Lipinski definition) is 3. The normalized spacial score (nSPS) is 15.5. The van der Waals surface area contributed by atoms with Crippen LogP contribution in [0.15, 0.2) is 51.9 Å². The highest BCUT2D eigenvalue weighted by Gasteiger charge is 2.16. The van der Waals surface area contributed by atoms with Crippen LogP contribution in [0.2, 0.25) is 0 Å². The van der Waals surface area contributed by atoms with Gasteiger partial charge in [0.1, 0.15) is 0 Å². The highest BCUT2D eigenvalue weighted by molar-refractivity contribution is 7.07. The standard InChI is InChI=1S/C25H29N3O4S/c1-32-14-13-26-25-28(27-15-20-11-12-22(29)24(31)23(20)30)21(16-33-25)19-9-7-18(8-10-19)17-5-3-2-4-6-17/h7-12,15-17,29-31H,2-6,13-14H2,1H3/b26-25?,27-15+. The summed E-state index contributed by atoms with van der Waals surface area (Å²) in [7, 11) is 1.63. The maximum absolute atomic E-state index is 10.1. The molecule has 174 valence electrons. The first-order valence-electron chi connectivity index (χ1n) is 11.2. The number of hydrogen-bond acceptors (Lipinski definition) is 7. The van der Waals surface area contributed by atoms with E-state index in [1.54, 1.807) is 11.8 Å². The van der Waals surface area contributed by atoms with Gasteiger partial charge in [0.15, 0.2) is 11.5 Å². The van der Waals surface area contributed by atoms with Crippen LogP contribution in [0.3, 0.4) is 0 Å². The zero-order chi connectivity index (χ0) is 23.2. The lowest BCUT2D eigenvalue weighted by Gasteiger charge is -2.22. The van der Waals surface area contributed by atoms with E-state index >= 15 is 0 Å². The number of thiazole rings is 1. The van der Waals surface area contributed by atoms with Crippen molar-refractivity contribution in [2.45, 2.75) is 38.0 Å². The molecule has 4 rings (SSSR count). The Balaban J connectivity index is 1.69. The third kappa shape index (κ3) is 5.29. The smallest absolute Gasteiger partial charge is 0.206 e. The Labute approximate surface area is 197 Å². The third-order valence-electron chi connectivity index (χ3n) is 5.98. The summed E-state index contributed by atoms with van der Waals surface area (Å²) in [6.07, 6.45) is 7.90. The Morgan fingerprint density at radius 1 is 1.03 bits per heavy atom. The molecule has 0 atom stereocenters. The number of phenols is 3. The van der Waals surface area contributed by atoms with Gasteiger partial charge in [-0.05, 0) is 36.5 Å². The Kier molecular flexibility index (Phi) is 7.47. The lowest BCUT2D eigenvalue weighted by atomic mass is 9.84. The number of benzene rings is 2. The second-order valence-corrected chi connectivity index (χ2v) is 9.00. The molecule has 1 aliphatic rings. The maximum atomic E-state index is 10.1. The Morgan fingerprint density at radius 3 is 2.52 bits per heavy atom. The third-order valence-corrected chi connectivity index (χ3v) is 6.84. The molecule has 0 spiro atoms. The van der Waals surface area contributed by atoms with E-state index < -0.39 is 11.5 Å². The molecule has 7 nitrogen and oxygen atoms in total. The minimum absolute atomic E-state index is 0.283. The first-order chi connectivity index (χ1) is 16.1. The molecule has 1 heterocycles. The maximum Gasteiger partial charge on any atom is 0.206 e. The van der Waals surface area contributed by atoms with Crippen LogP contribution in [0.25, 0.3) is 11.3 Å². The molecule has 2 aromatic carbocycles. The summed E-state index contributed by atoms with van der Waals surface area (Å²) < 4.78 is 6.84. The first-order valence-corrected chi connectivity index (χ1v) is 12.0. The molecule has 1 fully saturated rings. The predicted octanol–water partition coefficient (Wildman–Crippen LogP) is 4.81. The molecule has 0 aliphatic heterocycles. The summed E-state index contributed by atoms with van der Waals surface area (Å²) in [4.78, 5) is 5.28. The van der Waals surface area contributed by atoms with E-state index in [0.29, 0.717) is 23.9 Å². The van der Waals surface area contributed by atoms with E-state index in [1.807, 2.05) is 5.38 Å². The first kappa shape index (κ1) is 23.1. The molecule has 0 unspecified atom stereocenters. The summed E-state index contributed by atoms with van der Waals surface area (Å²) in [5, 5.41) is 36.1. The SMILES string of the molecule is COCCN=c1scc(-c2ccc(C3CCCCC3)cc2)n1/N=C/c1ccc(O)c(O)c1O. The molecule has 3 aromatic rings. The van der Waals surface area contributed by atoms with Gasteiger partial charge in [0.25, 0.3) is 0 Å². The predicted molar refractivity (Wildman–Crippen MR) is 130 cm³/mol. The van der Waals surface area contributed by atoms with Gasteiger partial charge in [-0.1, -0.05) is 43.5 Å². The fourth-order valence-electron chi connectivity index (χ4n) is 4.12. The summed E-state index contributed by atoms with van der Waals surface area (Å²) in [6, 6.07) is 11.5. The zero-order valence-electron chi connectivity index (χ0n) is 18.6. The monoisotopic (exact) mass is 467 g/mol. The Morgan fingerprint density at radius 2 is 1.79 bits per heavy atom. The zero-order valence-corrected chi connectivity index (χ0v) is 19.5. The summed E-state index contributed by atoms with van der Waals surface area (Å²) in [6.45, 7) is 0.998. The van der Waals surface area contributed by atoms with Gasteiger partial charge in [-0.3, -0.25) is 4.99 Å². The average molecular weight is 468 g/mol. The van der Waals surface area contributed by atoms with Gasteiger partial charge in [0, 0.05) is 23.6 Å². The van der Waals surface area contributed by atoms with Crippen molar-refractivity contribution >= 4 is 17.6 Å². The number of phenolic OH excluding ortho intramolecular Hbond substituents is 3. The molecule has 8 heteroatoms. The van der Waals surface area contributed by atoms with Crippen LogP contribution < -0.4 is 4.80 Å². The van der Waals surface area contributed by atoms with Gasteiger partial charge in [-0.2, -0.15) is 5.10 Å². The Bertz CT molecular complexity index is 1180. The molecule has 0 amide bonds. The highest BCUT2D eigenvalue weighted by Crippen LogP contribution is 2.36. The van der Waals surface area contributed by atoms with Crippen molar-refractivity contribution in [3.8, 4) is 28.5 Å². The molecular weight excluding hydrogens is 438 g/mol. The van der Waals surface area contributed by atoms with Gasteiger partial charge >= 0.3 is 0 Å². The molecule has 0 radical (unpaired) electrons. The lowest BCUT2D eigenvalue weighted by Crippen LogP contribution is -2.13. The van der Waals surface area contributed by atoms with Crippen molar-refractivity contribution in [1.29, 1.82) is 0 Å². The summed E-state index contributed by atoms with van der Waals surface area (Å²) >= 11 is 1.47. The molecule has 0 saturated heterocycles. The largest absolute Gasteiger partial charge is 0.504 e. The van der Waals surface area contributed by atoms with Crippen molar-refractivity contribution in [2.24, 2.45) is 10.1 Å². The van der Waals surface area contributed by atoms with Crippen molar-refractivity contribution < 1.29 is 20.1 Å². The van der Waals surface area contributed by atoms with Crippen molar-refractivity contribution in [1.82, 2.24) is 4.68 Å². The Hall–Kier alpha value is -3.10. The van der Waals surface area contributed by atoms with Crippen molar-refractivity contribution in [3.63, 3.8) is 0 Å². The number of methoxy groups -OCH3 is 1. The van der Waals surface area contributed by atoms with Gasteiger partial charge < -0.3 is 20.1 Å². The van der Waals surface area contributed by atoms with Crippen LogP contribution in [0.4, 0.5) is 0 Å². The van der Waals surface area contributed by atoms with Crippen LogP contribution in [-0.4, -0.2) is 46.5 Å². The van der Waals surface area contributed by atoms with Crippen LogP contribution in [-0.2, 0) is 4.74 Å². The van der Waals surface area contributed by atoms with E-state index in [2.05, 4.69) is 34.4 Å². The summed E-state index contributed by atoms with van der Waals surface area (Å²) in [5.41, 5.74) is 3.57. The van der Waals surface area contributed by atoms with Gasteiger partial charge in [0.05, 0.1) is 25.1 Å². The number of aromatic nitrogens is 1. The minimum Gasteiger partial charge on any atom is -0.504 e. The second kappa shape index (κ2) is 10.7.